The van der Waals surface area contributed by atoms with Gasteiger partial charge < -0.3 is 9.47 Å². The number of rotatable bonds is 5. The van der Waals surface area contributed by atoms with Crippen molar-refractivity contribution in [3.05, 3.63) is 41.2 Å². The highest BCUT2D eigenvalue weighted by atomic mass is 35.5. The van der Waals surface area contributed by atoms with Gasteiger partial charge in [0.1, 0.15) is 12.7 Å². The summed E-state index contributed by atoms with van der Waals surface area (Å²) < 4.78 is 10.8. The van der Waals surface area contributed by atoms with Crippen LogP contribution >= 0.6 is 23.2 Å². The standard InChI is InChI=1S/C15H12Cl2N2O2/c1-20-13-3-2-10(6-14(13)21-5-4-16)12-9-19-8-11(7-18)15(12)17/h2-3,6,8-9H,4-5H2,1H3. The van der Waals surface area contributed by atoms with E-state index in [0.29, 0.717) is 40.1 Å². The Morgan fingerprint density at radius 3 is 2.76 bits per heavy atom. The van der Waals surface area contributed by atoms with E-state index in [1.165, 1.54) is 6.20 Å². The maximum atomic E-state index is 9.01. The highest BCUT2D eigenvalue weighted by molar-refractivity contribution is 6.34. The molecule has 0 saturated carbocycles. The average Bonchev–Trinajstić information content (AvgIpc) is 2.53. The molecule has 0 amide bonds. The molecule has 6 heteroatoms. The normalized spacial score (nSPS) is 10.0. The van der Waals surface area contributed by atoms with Gasteiger partial charge in [-0.3, -0.25) is 4.98 Å². The van der Waals surface area contributed by atoms with Gasteiger partial charge in [-0.1, -0.05) is 17.7 Å². The van der Waals surface area contributed by atoms with Crippen molar-refractivity contribution in [3.63, 3.8) is 0 Å². The average molecular weight is 323 g/mol. The molecular weight excluding hydrogens is 311 g/mol. The molecule has 1 heterocycles. The summed E-state index contributed by atoms with van der Waals surface area (Å²) in [6.07, 6.45) is 3.04. The molecule has 1 aromatic carbocycles. The van der Waals surface area contributed by atoms with Gasteiger partial charge in [-0.15, -0.1) is 11.6 Å². The van der Waals surface area contributed by atoms with Crippen LogP contribution in [0, 0.1) is 11.3 Å². The molecule has 0 aliphatic heterocycles. The molecule has 1 aromatic heterocycles. The van der Waals surface area contributed by atoms with Gasteiger partial charge in [0, 0.05) is 18.0 Å². The van der Waals surface area contributed by atoms with Gasteiger partial charge in [-0.2, -0.15) is 5.26 Å². The van der Waals surface area contributed by atoms with E-state index in [-0.39, 0.29) is 0 Å². The number of methoxy groups -OCH3 is 1. The molecule has 0 atom stereocenters. The summed E-state index contributed by atoms with van der Waals surface area (Å²) in [6.45, 7) is 0.367. The number of pyridine rings is 1. The second-order valence-electron chi connectivity index (χ2n) is 4.06. The quantitative estimate of drug-likeness (QED) is 0.783. The van der Waals surface area contributed by atoms with Crippen LogP contribution in [0.1, 0.15) is 5.56 Å². The van der Waals surface area contributed by atoms with E-state index in [0.717, 1.165) is 5.56 Å². The number of hydrogen-bond donors (Lipinski definition) is 0. The van der Waals surface area contributed by atoms with Gasteiger partial charge in [0.2, 0.25) is 0 Å². The Bertz CT molecular complexity index is 684. The summed E-state index contributed by atoms with van der Waals surface area (Å²) in [5.74, 6) is 1.54. The minimum atomic E-state index is 0.327. The van der Waals surface area contributed by atoms with Crippen LogP contribution in [-0.2, 0) is 0 Å². The highest BCUT2D eigenvalue weighted by Gasteiger charge is 2.12. The van der Waals surface area contributed by atoms with Gasteiger partial charge >= 0.3 is 0 Å². The Balaban J connectivity index is 2.48. The van der Waals surface area contributed by atoms with Gasteiger partial charge in [-0.05, 0) is 17.7 Å². The lowest BCUT2D eigenvalue weighted by molar-refractivity contribution is 0.313. The van der Waals surface area contributed by atoms with E-state index in [1.54, 1.807) is 25.4 Å². The molecule has 2 aromatic rings. The van der Waals surface area contributed by atoms with E-state index < -0.39 is 0 Å². The first kappa shape index (κ1) is 15.4. The molecule has 0 aliphatic carbocycles. The van der Waals surface area contributed by atoms with Gasteiger partial charge in [0.15, 0.2) is 11.5 Å². The summed E-state index contributed by atoms with van der Waals surface area (Å²) in [7, 11) is 1.56. The number of ether oxygens (including phenoxy) is 2. The summed E-state index contributed by atoms with van der Waals surface area (Å²) >= 11 is 11.9. The van der Waals surface area contributed by atoms with Gasteiger partial charge in [-0.25, -0.2) is 0 Å². The maximum absolute atomic E-state index is 9.01. The Hall–Kier alpha value is -1.96. The molecular formula is C15H12Cl2N2O2. The summed E-state index contributed by atoms with van der Waals surface area (Å²) in [4.78, 5) is 4.03. The molecule has 0 spiro atoms. The monoisotopic (exact) mass is 322 g/mol. The predicted molar refractivity (Wildman–Crippen MR) is 82.2 cm³/mol. The first-order chi connectivity index (χ1) is 10.2. The highest BCUT2D eigenvalue weighted by Crippen LogP contribution is 2.36. The van der Waals surface area contributed by atoms with Crippen LogP contribution < -0.4 is 9.47 Å². The third kappa shape index (κ3) is 3.38. The third-order valence-corrected chi connectivity index (χ3v) is 3.37. The van der Waals surface area contributed by atoms with Crippen molar-refractivity contribution in [1.29, 1.82) is 5.26 Å². The summed E-state index contributed by atoms with van der Waals surface area (Å²) in [5.41, 5.74) is 1.78. The lowest BCUT2D eigenvalue weighted by atomic mass is 10.1. The maximum Gasteiger partial charge on any atom is 0.161 e. The lowest BCUT2D eigenvalue weighted by Gasteiger charge is -2.12. The zero-order valence-electron chi connectivity index (χ0n) is 11.3. The molecule has 0 radical (unpaired) electrons. The number of aromatic nitrogens is 1. The Morgan fingerprint density at radius 1 is 1.29 bits per heavy atom. The zero-order valence-corrected chi connectivity index (χ0v) is 12.8. The topological polar surface area (TPSA) is 55.1 Å². The van der Waals surface area contributed by atoms with Crippen LogP contribution in [0.15, 0.2) is 30.6 Å². The molecule has 0 N–H and O–H groups in total. The number of nitriles is 1. The third-order valence-electron chi connectivity index (χ3n) is 2.81. The van der Waals surface area contributed by atoms with E-state index in [2.05, 4.69) is 4.98 Å². The number of benzene rings is 1. The van der Waals surface area contributed by atoms with Gasteiger partial charge in [0.25, 0.3) is 0 Å². The summed E-state index contributed by atoms with van der Waals surface area (Å²) in [5, 5.41) is 9.37. The fourth-order valence-corrected chi connectivity index (χ4v) is 2.16. The minimum Gasteiger partial charge on any atom is -0.493 e. The molecule has 0 unspecified atom stereocenters. The van der Waals surface area contributed by atoms with Crippen LogP contribution in [0.3, 0.4) is 0 Å². The predicted octanol–water partition coefficient (Wildman–Crippen LogP) is 3.90. The van der Waals surface area contributed by atoms with E-state index in [4.69, 9.17) is 37.9 Å². The Kier molecular flexibility index (Phi) is 5.26. The van der Waals surface area contributed by atoms with E-state index >= 15 is 0 Å². The molecule has 0 saturated heterocycles. The fraction of sp³-hybridized carbons (Fsp3) is 0.200. The number of hydrogen-bond acceptors (Lipinski definition) is 4. The van der Waals surface area contributed by atoms with Crippen molar-refractivity contribution < 1.29 is 9.47 Å². The lowest BCUT2D eigenvalue weighted by Crippen LogP contribution is -2.00. The van der Waals surface area contributed by atoms with Crippen LogP contribution in [0.25, 0.3) is 11.1 Å². The minimum absolute atomic E-state index is 0.327. The van der Waals surface area contributed by atoms with Crippen molar-refractivity contribution >= 4 is 23.2 Å². The number of nitrogens with zero attached hydrogens (tertiary/aromatic N) is 2. The van der Waals surface area contributed by atoms with Crippen LogP contribution in [0.2, 0.25) is 5.02 Å². The molecule has 21 heavy (non-hydrogen) atoms. The van der Waals surface area contributed by atoms with Crippen molar-refractivity contribution in [2.45, 2.75) is 0 Å². The molecule has 0 aliphatic rings. The fourth-order valence-electron chi connectivity index (χ4n) is 1.83. The Morgan fingerprint density at radius 2 is 2.10 bits per heavy atom. The van der Waals surface area contributed by atoms with Gasteiger partial charge in [0.05, 0.1) is 23.6 Å². The molecule has 0 fully saturated rings. The number of halogens is 2. The first-order valence-corrected chi connectivity index (χ1v) is 7.03. The van der Waals surface area contributed by atoms with Crippen molar-refractivity contribution in [3.8, 4) is 28.7 Å². The smallest absolute Gasteiger partial charge is 0.161 e. The zero-order chi connectivity index (χ0) is 15.2. The molecule has 0 bridgehead atoms. The second-order valence-corrected chi connectivity index (χ2v) is 4.82. The first-order valence-electron chi connectivity index (χ1n) is 6.12. The largest absolute Gasteiger partial charge is 0.493 e. The van der Waals surface area contributed by atoms with Crippen molar-refractivity contribution in [1.82, 2.24) is 4.98 Å². The van der Waals surface area contributed by atoms with Crippen LogP contribution in [-0.4, -0.2) is 24.6 Å². The number of alkyl halides is 1. The SMILES string of the molecule is COc1ccc(-c2cncc(C#N)c2Cl)cc1OCCCl. The second kappa shape index (κ2) is 7.16. The molecule has 108 valence electrons. The van der Waals surface area contributed by atoms with Crippen molar-refractivity contribution in [2.24, 2.45) is 0 Å². The van der Waals surface area contributed by atoms with Crippen molar-refractivity contribution in [2.75, 3.05) is 19.6 Å². The molecule has 4 nitrogen and oxygen atoms in total. The van der Waals surface area contributed by atoms with Crippen LogP contribution in [0.5, 0.6) is 11.5 Å². The Labute approximate surface area is 132 Å². The molecule has 2 rings (SSSR count). The van der Waals surface area contributed by atoms with Crippen LogP contribution in [0.4, 0.5) is 0 Å². The summed E-state index contributed by atoms with van der Waals surface area (Å²) in [6, 6.07) is 7.40. The van der Waals surface area contributed by atoms with E-state index in [1.807, 2.05) is 12.1 Å². The van der Waals surface area contributed by atoms with E-state index in [9.17, 15) is 0 Å².